The van der Waals surface area contributed by atoms with Gasteiger partial charge < -0.3 is 19.0 Å². The number of hydrogen-bond acceptors (Lipinski definition) is 4. The van der Waals surface area contributed by atoms with Crippen LogP contribution < -0.4 is 0 Å². The smallest absolute Gasteiger partial charge is 0.283 e. The average Bonchev–Trinajstić information content (AvgIpc) is 2.18. The summed E-state index contributed by atoms with van der Waals surface area (Å²) in [5, 5.41) is 0. The molecule has 0 aromatic rings. The average molecular weight is 234 g/mol. The van der Waals surface area contributed by atoms with Crippen molar-refractivity contribution in [3.8, 4) is 0 Å². The number of rotatable bonds is 9. The van der Waals surface area contributed by atoms with Gasteiger partial charge in [0.15, 0.2) is 0 Å². The first kappa shape index (κ1) is 14.8. The van der Waals surface area contributed by atoms with Crippen LogP contribution >= 0.6 is 0 Å². The molecule has 0 aliphatic rings. The van der Waals surface area contributed by atoms with Gasteiger partial charge in [0.25, 0.3) is 5.97 Å². The number of carbonyl (C=O) groups is 1. The fourth-order valence-corrected chi connectivity index (χ4v) is 1.90. The van der Waals surface area contributed by atoms with Crippen molar-refractivity contribution < 1.29 is 19.0 Å². The van der Waals surface area contributed by atoms with Gasteiger partial charge >= 0.3 is 0 Å². The molecule has 0 aliphatic carbocycles. The molecule has 1 atom stereocenters. The molecule has 0 aliphatic heterocycles. The summed E-state index contributed by atoms with van der Waals surface area (Å²) >= 11 is 0. The zero-order valence-electron chi connectivity index (χ0n) is 10.1. The molecule has 0 fully saturated rings. The van der Waals surface area contributed by atoms with Gasteiger partial charge in [0, 0.05) is 42.0 Å². The molecule has 0 rings (SSSR count). The van der Waals surface area contributed by atoms with Crippen LogP contribution in [0.15, 0.2) is 0 Å². The molecule has 0 heterocycles. The van der Waals surface area contributed by atoms with Gasteiger partial charge in [-0.3, -0.25) is 0 Å². The SMILES string of the molecule is CCOC(CC([SiH3])C=O)(OCC)OCC. The lowest BCUT2D eigenvalue weighted by Crippen LogP contribution is -2.40. The van der Waals surface area contributed by atoms with E-state index in [4.69, 9.17) is 14.2 Å². The monoisotopic (exact) mass is 234 g/mol. The highest BCUT2D eigenvalue weighted by molar-refractivity contribution is 6.19. The van der Waals surface area contributed by atoms with Crippen LogP contribution in [0.2, 0.25) is 5.54 Å². The standard InChI is InChI=1S/C10H22O4Si/c1-4-12-10(13-5-2,14-6-3)7-9(15)8-11/h8-9H,4-7H2,1-3,15H3. The van der Waals surface area contributed by atoms with Gasteiger partial charge in [-0.2, -0.15) is 0 Å². The van der Waals surface area contributed by atoms with E-state index in [9.17, 15) is 4.79 Å². The topological polar surface area (TPSA) is 44.8 Å². The van der Waals surface area contributed by atoms with Crippen molar-refractivity contribution in [3.63, 3.8) is 0 Å². The van der Waals surface area contributed by atoms with E-state index in [2.05, 4.69) is 0 Å². The van der Waals surface area contributed by atoms with Crippen molar-refractivity contribution in [1.82, 2.24) is 0 Å². The first-order chi connectivity index (χ1) is 7.14. The number of carbonyl (C=O) groups excluding carboxylic acids is 1. The lowest BCUT2D eigenvalue weighted by Gasteiger charge is -2.33. The minimum Gasteiger partial charge on any atom is -0.328 e. The minimum absolute atomic E-state index is 0.00495. The van der Waals surface area contributed by atoms with E-state index in [0.29, 0.717) is 26.2 Å². The fourth-order valence-electron chi connectivity index (χ4n) is 1.40. The molecule has 1 unspecified atom stereocenters. The molecule has 4 nitrogen and oxygen atoms in total. The molecular formula is C10H22O4Si. The number of hydrogen-bond donors (Lipinski definition) is 0. The van der Waals surface area contributed by atoms with Crippen molar-refractivity contribution in [1.29, 1.82) is 0 Å². The number of ether oxygens (including phenoxy) is 3. The van der Waals surface area contributed by atoms with Gasteiger partial charge in [-0.1, -0.05) is 0 Å². The molecule has 0 bridgehead atoms. The summed E-state index contributed by atoms with van der Waals surface area (Å²) in [6, 6.07) is 0. The molecule has 0 saturated carbocycles. The van der Waals surface area contributed by atoms with Crippen LogP contribution in [0.5, 0.6) is 0 Å². The van der Waals surface area contributed by atoms with Crippen molar-refractivity contribution in [3.05, 3.63) is 0 Å². The van der Waals surface area contributed by atoms with Gasteiger partial charge in [0.05, 0.1) is 0 Å². The largest absolute Gasteiger partial charge is 0.328 e. The quantitative estimate of drug-likeness (QED) is 0.331. The van der Waals surface area contributed by atoms with Crippen molar-refractivity contribution in [2.75, 3.05) is 19.8 Å². The fraction of sp³-hybridized carbons (Fsp3) is 0.900. The van der Waals surface area contributed by atoms with Gasteiger partial charge in [0.1, 0.15) is 6.29 Å². The Kier molecular flexibility index (Phi) is 7.86. The highest BCUT2D eigenvalue weighted by atomic mass is 28.1. The van der Waals surface area contributed by atoms with E-state index in [1.54, 1.807) is 0 Å². The maximum Gasteiger partial charge on any atom is 0.283 e. The summed E-state index contributed by atoms with van der Waals surface area (Å²) in [5.74, 6) is -1.02. The van der Waals surface area contributed by atoms with Crippen LogP contribution in [0.3, 0.4) is 0 Å². The molecule has 0 saturated heterocycles. The third-order valence-corrected chi connectivity index (χ3v) is 2.58. The highest BCUT2D eigenvalue weighted by Crippen LogP contribution is 2.25. The second-order valence-electron chi connectivity index (χ2n) is 3.30. The molecule has 15 heavy (non-hydrogen) atoms. The molecule has 0 amide bonds. The number of aldehydes is 1. The summed E-state index contributed by atoms with van der Waals surface area (Å²) in [6.07, 6.45) is 1.43. The minimum atomic E-state index is -1.02. The van der Waals surface area contributed by atoms with Crippen LogP contribution in [0.25, 0.3) is 0 Å². The van der Waals surface area contributed by atoms with Crippen LogP contribution in [-0.2, 0) is 19.0 Å². The molecule has 0 radical (unpaired) electrons. The van der Waals surface area contributed by atoms with E-state index in [1.165, 1.54) is 0 Å². The van der Waals surface area contributed by atoms with E-state index in [0.717, 1.165) is 16.5 Å². The molecular weight excluding hydrogens is 212 g/mol. The maximum absolute atomic E-state index is 10.7. The molecule has 90 valence electrons. The van der Waals surface area contributed by atoms with Gasteiger partial charge in [0.2, 0.25) is 0 Å². The predicted molar refractivity (Wildman–Crippen MR) is 62.0 cm³/mol. The zero-order chi connectivity index (χ0) is 11.7. The second-order valence-corrected chi connectivity index (χ2v) is 4.78. The van der Waals surface area contributed by atoms with Gasteiger partial charge in [-0.25, -0.2) is 0 Å². The third-order valence-electron chi connectivity index (χ3n) is 1.90. The Morgan fingerprint density at radius 2 is 1.53 bits per heavy atom. The summed E-state index contributed by atoms with van der Waals surface area (Å²) in [6.45, 7) is 7.18. The summed E-state index contributed by atoms with van der Waals surface area (Å²) < 4.78 is 16.5. The molecule has 0 aromatic heterocycles. The van der Waals surface area contributed by atoms with Crippen molar-refractivity contribution in [2.24, 2.45) is 0 Å². The van der Waals surface area contributed by atoms with E-state index >= 15 is 0 Å². The highest BCUT2D eigenvalue weighted by Gasteiger charge is 2.34. The van der Waals surface area contributed by atoms with E-state index < -0.39 is 5.97 Å². The first-order valence-electron chi connectivity index (χ1n) is 5.51. The lowest BCUT2D eigenvalue weighted by molar-refractivity contribution is -0.378. The Bertz CT molecular complexity index is 158. The second kappa shape index (κ2) is 7.98. The normalized spacial score (nSPS) is 14.1. The predicted octanol–water partition coefficient (Wildman–Crippen LogP) is 0.493. The van der Waals surface area contributed by atoms with Crippen LogP contribution in [0, 0.1) is 0 Å². The summed E-state index contributed by atoms with van der Waals surface area (Å²) in [4.78, 5) is 10.7. The van der Waals surface area contributed by atoms with Gasteiger partial charge in [-0.15, -0.1) is 0 Å². The van der Waals surface area contributed by atoms with Crippen molar-refractivity contribution >= 4 is 16.5 Å². The summed E-state index contributed by atoms with van der Waals surface area (Å²) in [7, 11) is 0.784. The van der Waals surface area contributed by atoms with Crippen LogP contribution in [0.1, 0.15) is 27.2 Å². The molecule has 0 N–H and O–H groups in total. The zero-order valence-corrected chi connectivity index (χ0v) is 12.1. The lowest BCUT2D eigenvalue weighted by atomic mass is 10.2. The Morgan fingerprint density at radius 3 is 1.80 bits per heavy atom. The Balaban J connectivity index is 4.51. The molecule has 0 aromatic carbocycles. The Labute approximate surface area is 94.7 Å². The first-order valence-corrected chi connectivity index (χ1v) is 6.66. The van der Waals surface area contributed by atoms with Crippen molar-refractivity contribution in [2.45, 2.75) is 38.7 Å². The molecule has 0 spiro atoms. The Hall–Kier alpha value is -0.233. The van der Waals surface area contributed by atoms with E-state index in [1.807, 2.05) is 20.8 Å². The third kappa shape index (κ3) is 5.41. The van der Waals surface area contributed by atoms with Gasteiger partial charge in [-0.05, 0) is 20.8 Å². The Morgan fingerprint density at radius 1 is 1.13 bits per heavy atom. The summed E-state index contributed by atoms with van der Waals surface area (Å²) in [5.41, 5.74) is -0.00495. The van der Waals surface area contributed by atoms with E-state index in [-0.39, 0.29) is 5.54 Å². The van der Waals surface area contributed by atoms with Crippen LogP contribution in [-0.4, -0.2) is 42.3 Å². The maximum atomic E-state index is 10.7. The molecule has 5 heteroatoms. The van der Waals surface area contributed by atoms with Crippen LogP contribution in [0.4, 0.5) is 0 Å².